The van der Waals surface area contributed by atoms with Crippen LogP contribution in [0.25, 0.3) is 6.08 Å². The number of hydrogen-bond donors (Lipinski definition) is 2. The summed E-state index contributed by atoms with van der Waals surface area (Å²) in [6.07, 6.45) is 3.14. The van der Waals surface area contributed by atoms with Crippen LogP contribution in [0.3, 0.4) is 0 Å². The van der Waals surface area contributed by atoms with Crippen LogP contribution in [0.2, 0.25) is 0 Å². The van der Waals surface area contributed by atoms with E-state index in [0.717, 1.165) is 10.0 Å². The highest BCUT2D eigenvalue weighted by atomic mass is 79.9. The minimum absolute atomic E-state index is 0.106. The molecule has 148 valence electrons. The maximum atomic E-state index is 12.8. The summed E-state index contributed by atoms with van der Waals surface area (Å²) in [6.45, 7) is 0.202. The van der Waals surface area contributed by atoms with Crippen molar-refractivity contribution in [3.63, 3.8) is 0 Å². The van der Waals surface area contributed by atoms with E-state index in [1.807, 2.05) is 24.3 Å². The zero-order valence-electron chi connectivity index (χ0n) is 15.6. The SMILES string of the molecule is COc1ccccc1C(=O)NC(=Cc1ccc(Br)cc1)C(=O)NCc1ccco1. The van der Waals surface area contributed by atoms with E-state index < -0.39 is 11.8 Å². The second-order valence-electron chi connectivity index (χ2n) is 6.03. The third kappa shape index (κ3) is 5.58. The maximum absolute atomic E-state index is 12.8. The van der Waals surface area contributed by atoms with Gasteiger partial charge in [0.25, 0.3) is 11.8 Å². The molecule has 2 N–H and O–H groups in total. The van der Waals surface area contributed by atoms with Crippen LogP contribution in [-0.2, 0) is 11.3 Å². The van der Waals surface area contributed by atoms with E-state index >= 15 is 0 Å². The van der Waals surface area contributed by atoms with E-state index in [1.54, 1.807) is 42.5 Å². The lowest BCUT2D eigenvalue weighted by molar-refractivity contribution is -0.118. The number of para-hydroxylation sites is 1. The molecule has 0 radical (unpaired) electrons. The predicted molar refractivity (Wildman–Crippen MR) is 113 cm³/mol. The molecule has 0 aliphatic carbocycles. The Morgan fingerprint density at radius 1 is 1.07 bits per heavy atom. The van der Waals surface area contributed by atoms with Crippen molar-refractivity contribution in [3.8, 4) is 5.75 Å². The Morgan fingerprint density at radius 2 is 1.83 bits per heavy atom. The van der Waals surface area contributed by atoms with Gasteiger partial charge in [0.15, 0.2) is 0 Å². The summed E-state index contributed by atoms with van der Waals surface area (Å²) in [5.74, 6) is 0.146. The maximum Gasteiger partial charge on any atom is 0.268 e. The number of nitrogens with one attached hydrogen (secondary N) is 2. The van der Waals surface area contributed by atoms with Gasteiger partial charge in [-0.05, 0) is 48.0 Å². The fourth-order valence-corrected chi connectivity index (χ4v) is 2.85. The second kappa shape index (κ2) is 9.75. The van der Waals surface area contributed by atoms with Crippen LogP contribution in [0.1, 0.15) is 21.7 Å². The number of benzene rings is 2. The lowest BCUT2D eigenvalue weighted by Gasteiger charge is -2.12. The minimum Gasteiger partial charge on any atom is -0.496 e. The van der Waals surface area contributed by atoms with Crippen LogP contribution in [0.4, 0.5) is 0 Å². The summed E-state index contributed by atoms with van der Waals surface area (Å²) in [7, 11) is 1.49. The molecule has 0 aliphatic rings. The molecule has 6 nitrogen and oxygen atoms in total. The van der Waals surface area contributed by atoms with Crippen molar-refractivity contribution in [2.24, 2.45) is 0 Å². The van der Waals surface area contributed by atoms with Crippen molar-refractivity contribution in [1.82, 2.24) is 10.6 Å². The van der Waals surface area contributed by atoms with Crippen molar-refractivity contribution >= 4 is 33.8 Å². The number of halogens is 1. The first-order valence-corrected chi connectivity index (χ1v) is 9.58. The zero-order valence-corrected chi connectivity index (χ0v) is 17.2. The first-order valence-electron chi connectivity index (χ1n) is 8.79. The van der Waals surface area contributed by atoms with Crippen molar-refractivity contribution in [2.45, 2.75) is 6.54 Å². The quantitative estimate of drug-likeness (QED) is 0.525. The fourth-order valence-electron chi connectivity index (χ4n) is 2.58. The largest absolute Gasteiger partial charge is 0.496 e. The topological polar surface area (TPSA) is 80.6 Å². The standard InChI is InChI=1S/C22H19BrN2O4/c1-28-20-7-3-2-6-18(20)21(26)25-19(13-15-8-10-16(23)11-9-15)22(27)24-14-17-5-4-12-29-17/h2-13H,14H2,1H3,(H,24,27)(H,25,26). The number of ether oxygens (including phenoxy) is 1. The average Bonchev–Trinajstić information content (AvgIpc) is 3.26. The van der Waals surface area contributed by atoms with Crippen LogP contribution < -0.4 is 15.4 Å². The lowest BCUT2D eigenvalue weighted by atomic mass is 10.1. The third-order valence-corrected chi connectivity index (χ3v) is 4.56. The third-order valence-electron chi connectivity index (χ3n) is 4.03. The van der Waals surface area contributed by atoms with E-state index in [0.29, 0.717) is 17.1 Å². The smallest absolute Gasteiger partial charge is 0.268 e. The molecule has 0 saturated carbocycles. The van der Waals surface area contributed by atoms with Gasteiger partial charge in [0.05, 0.1) is 25.5 Å². The molecule has 0 fully saturated rings. The Labute approximate surface area is 176 Å². The number of methoxy groups -OCH3 is 1. The van der Waals surface area contributed by atoms with Gasteiger partial charge in [0.2, 0.25) is 0 Å². The summed E-state index contributed by atoms with van der Waals surface area (Å²) < 4.78 is 11.4. The molecule has 7 heteroatoms. The van der Waals surface area contributed by atoms with E-state index in [1.165, 1.54) is 13.4 Å². The Morgan fingerprint density at radius 3 is 2.52 bits per heavy atom. The molecule has 1 heterocycles. The van der Waals surface area contributed by atoms with Crippen molar-refractivity contribution in [1.29, 1.82) is 0 Å². The zero-order chi connectivity index (χ0) is 20.6. The normalized spacial score (nSPS) is 11.0. The molecule has 2 aromatic carbocycles. The Balaban J connectivity index is 1.84. The van der Waals surface area contributed by atoms with Crippen LogP contribution in [0.5, 0.6) is 5.75 Å². The molecule has 0 aliphatic heterocycles. The Hall–Kier alpha value is -3.32. The molecule has 0 atom stereocenters. The Kier molecular flexibility index (Phi) is 6.86. The van der Waals surface area contributed by atoms with E-state index in [2.05, 4.69) is 26.6 Å². The number of carbonyl (C=O) groups is 2. The van der Waals surface area contributed by atoms with Crippen LogP contribution in [0, 0.1) is 0 Å². The highest BCUT2D eigenvalue weighted by Crippen LogP contribution is 2.18. The molecule has 1 aromatic heterocycles. The summed E-state index contributed by atoms with van der Waals surface area (Å²) in [5, 5.41) is 5.43. The van der Waals surface area contributed by atoms with E-state index in [9.17, 15) is 9.59 Å². The van der Waals surface area contributed by atoms with Crippen LogP contribution >= 0.6 is 15.9 Å². The van der Waals surface area contributed by atoms with Crippen LogP contribution in [0.15, 0.2) is 81.5 Å². The fraction of sp³-hybridized carbons (Fsp3) is 0.0909. The number of rotatable bonds is 7. The van der Waals surface area contributed by atoms with Crippen molar-refractivity contribution in [2.75, 3.05) is 7.11 Å². The van der Waals surface area contributed by atoms with Gasteiger partial charge in [-0.15, -0.1) is 0 Å². The molecule has 0 saturated heterocycles. The number of carbonyl (C=O) groups excluding carboxylic acids is 2. The molecule has 3 aromatic rings. The predicted octanol–water partition coefficient (Wildman–Crippen LogP) is 4.14. The van der Waals surface area contributed by atoms with Gasteiger partial charge >= 0.3 is 0 Å². The van der Waals surface area contributed by atoms with E-state index in [-0.39, 0.29) is 12.2 Å². The minimum atomic E-state index is -0.445. The van der Waals surface area contributed by atoms with Crippen molar-refractivity contribution in [3.05, 3.63) is 94.0 Å². The second-order valence-corrected chi connectivity index (χ2v) is 6.94. The molecular formula is C22H19BrN2O4. The first-order chi connectivity index (χ1) is 14.1. The lowest BCUT2D eigenvalue weighted by Crippen LogP contribution is -2.34. The molecule has 0 bridgehead atoms. The summed E-state index contributed by atoms with van der Waals surface area (Å²) in [5.41, 5.74) is 1.20. The van der Waals surface area contributed by atoms with Gasteiger partial charge in [0, 0.05) is 4.47 Å². The average molecular weight is 455 g/mol. The first kappa shape index (κ1) is 20.4. The molecule has 0 spiro atoms. The molecule has 2 amide bonds. The van der Waals surface area contributed by atoms with Gasteiger partial charge < -0.3 is 19.8 Å². The monoisotopic (exact) mass is 454 g/mol. The number of amides is 2. The van der Waals surface area contributed by atoms with E-state index in [4.69, 9.17) is 9.15 Å². The molecular weight excluding hydrogens is 436 g/mol. The van der Waals surface area contributed by atoms with Gasteiger partial charge in [0.1, 0.15) is 17.2 Å². The van der Waals surface area contributed by atoms with Crippen LogP contribution in [-0.4, -0.2) is 18.9 Å². The molecule has 3 rings (SSSR count). The van der Waals surface area contributed by atoms with Gasteiger partial charge in [-0.2, -0.15) is 0 Å². The van der Waals surface area contributed by atoms with Gasteiger partial charge in [-0.3, -0.25) is 9.59 Å². The summed E-state index contributed by atoms with van der Waals surface area (Å²) in [4.78, 5) is 25.5. The number of furan rings is 1. The highest BCUT2D eigenvalue weighted by molar-refractivity contribution is 9.10. The van der Waals surface area contributed by atoms with Gasteiger partial charge in [-0.25, -0.2) is 0 Å². The van der Waals surface area contributed by atoms with Gasteiger partial charge in [-0.1, -0.05) is 40.2 Å². The summed E-state index contributed by atoms with van der Waals surface area (Å²) in [6, 6.07) is 17.7. The highest BCUT2D eigenvalue weighted by Gasteiger charge is 2.17. The number of hydrogen-bond acceptors (Lipinski definition) is 4. The Bertz CT molecular complexity index is 1010. The van der Waals surface area contributed by atoms with Crippen molar-refractivity contribution < 1.29 is 18.7 Å². The molecule has 29 heavy (non-hydrogen) atoms. The summed E-state index contributed by atoms with van der Waals surface area (Å²) >= 11 is 3.38. The molecule has 0 unspecified atom stereocenters.